The molecule has 156 valence electrons. The first-order valence-corrected chi connectivity index (χ1v) is 11.1. The maximum atomic E-state index is 12.9. The summed E-state index contributed by atoms with van der Waals surface area (Å²) in [7, 11) is 0. The van der Waals surface area contributed by atoms with Gasteiger partial charge in [-0.2, -0.15) is 5.26 Å². The van der Waals surface area contributed by atoms with Crippen molar-refractivity contribution in [2.24, 2.45) is 5.73 Å². The summed E-state index contributed by atoms with van der Waals surface area (Å²) in [6.45, 7) is 5.11. The maximum absolute atomic E-state index is 12.9. The fourth-order valence-electron chi connectivity index (χ4n) is 4.83. The minimum atomic E-state index is -0.550. The first-order valence-electron chi connectivity index (χ1n) is 10.3. The molecule has 0 radical (unpaired) electrons. The predicted molar refractivity (Wildman–Crippen MR) is 120 cm³/mol. The molecule has 2 aliphatic rings. The van der Waals surface area contributed by atoms with Crippen LogP contribution < -0.4 is 10.5 Å². The maximum Gasteiger partial charge on any atom is 0.253 e. The average molecular weight is 431 g/mol. The number of aromatic nitrogens is 1. The Labute approximate surface area is 184 Å². The molecular formula is C24H22N4O2S. The highest BCUT2D eigenvalue weighted by molar-refractivity contribution is 7.19. The number of likely N-dealkylation sites (tertiary alicyclic amines) is 1. The summed E-state index contributed by atoms with van der Waals surface area (Å²) in [5, 5.41) is 10.9. The zero-order valence-corrected chi connectivity index (χ0v) is 18.3. The van der Waals surface area contributed by atoms with E-state index in [4.69, 9.17) is 15.5 Å². The number of fused-ring (bicyclic) bond motifs is 4. The number of amides is 1. The molecule has 2 aromatic heterocycles. The van der Waals surface area contributed by atoms with Gasteiger partial charge in [0.15, 0.2) is 5.75 Å². The minimum absolute atomic E-state index is 0.0164. The molecule has 1 saturated heterocycles. The van der Waals surface area contributed by atoms with Crippen LogP contribution in [0.4, 0.5) is 0 Å². The highest BCUT2D eigenvalue weighted by atomic mass is 32.1. The number of aryl methyl sites for hydroxylation is 2. The van der Waals surface area contributed by atoms with Crippen LogP contribution in [0, 0.1) is 25.2 Å². The number of carbonyl (C=O) groups excluding carboxylic acids is 1. The van der Waals surface area contributed by atoms with Crippen molar-refractivity contribution >= 4 is 27.5 Å². The molecule has 3 aromatic rings. The van der Waals surface area contributed by atoms with Crippen LogP contribution >= 0.6 is 11.3 Å². The van der Waals surface area contributed by atoms with Gasteiger partial charge >= 0.3 is 0 Å². The molecule has 0 aliphatic carbocycles. The molecule has 1 fully saturated rings. The van der Waals surface area contributed by atoms with Gasteiger partial charge in [0.2, 0.25) is 5.88 Å². The molecule has 2 aliphatic heterocycles. The molecule has 1 spiro atoms. The second kappa shape index (κ2) is 7.10. The normalized spacial score (nSPS) is 17.4. The van der Waals surface area contributed by atoms with Crippen molar-refractivity contribution in [3.05, 3.63) is 69.6 Å². The largest absolute Gasteiger partial charge is 0.439 e. The number of rotatable bonds is 1. The number of ether oxygens (including phenoxy) is 1. The van der Waals surface area contributed by atoms with Crippen molar-refractivity contribution in [1.82, 2.24) is 9.88 Å². The minimum Gasteiger partial charge on any atom is -0.439 e. The fraction of sp³-hybridized carbons (Fsp3) is 0.292. The Kier molecular flexibility index (Phi) is 4.49. The summed E-state index contributed by atoms with van der Waals surface area (Å²) in [4.78, 5) is 21.4. The molecule has 0 saturated carbocycles. The number of benzene rings is 1. The second-order valence-corrected chi connectivity index (χ2v) is 9.21. The number of nitriles is 1. The molecule has 31 heavy (non-hydrogen) atoms. The van der Waals surface area contributed by atoms with Crippen molar-refractivity contribution in [3.63, 3.8) is 0 Å². The lowest BCUT2D eigenvalue weighted by Gasteiger charge is -2.43. The number of piperidine rings is 1. The Balaban J connectivity index is 1.57. The van der Waals surface area contributed by atoms with Gasteiger partial charge in [-0.05, 0) is 50.5 Å². The van der Waals surface area contributed by atoms with Gasteiger partial charge in [-0.1, -0.05) is 18.2 Å². The van der Waals surface area contributed by atoms with E-state index >= 15 is 0 Å². The van der Waals surface area contributed by atoms with E-state index in [1.165, 1.54) is 0 Å². The van der Waals surface area contributed by atoms with Crippen LogP contribution in [0.25, 0.3) is 10.2 Å². The van der Waals surface area contributed by atoms with Crippen molar-refractivity contribution in [2.75, 3.05) is 13.1 Å². The van der Waals surface area contributed by atoms with E-state index in [1.54, 1.807) is 11.3 Å². The monoisotopic (exact) mass is 430 g/mol. The lowest BCUT2D eigenvalue weighted by atomic mass is 9.70. The van der Waals surface area contributed by atoms with E-state index in [9.17, 15) is 10.1 Å². The quantitative estimate of drug-likeness (QED) is 0.625. The summed E-state index contributed by atoms with van der Waals surface area (Å²) in [5.41, 5.74) is 8.89. The van der Waals surface area contributed by atoms with Crippen LogP contribution in [-0.2, 0) is 5.41 Å². The van der Waals surface area contributed by atoms with Crippen LogP contribution in [0.15, 0.2) is 47.9 Å². The van der Waals surface area contributed by atoms with Gasteiger partial charge in [0.25, 0.3) is 5.91 Å². The van der Waals surface area contributed by atoms with Crippen LogP contribution in [0.3, 0.4) is 0 Å². The van der Waals surface area contributed by atoms with E-state index in [2.05, 4.69) is 6.07 Å². The van der Waals surface area contributed by atoms with Crippen molar-refractivity contribution in [2.45, 2.75) is 32.1 Å². The van der Waals surface area contributed by atoms with E-state index in [-0.39, 0.29) is 11.8 Å². The first-order chi connectivity index (χ1) is 14.9. The summed E-state index contributed by atoms with van der Waals surface area (Å²) < 4.78 is 6.01. The van der Waals surface area contributed by atoms with Crippen LogP contribution in [0.1, 0.15) is 39.3 Å². The van der Waals surface area contributed by atoms with Crippen molar-refractivity contribution in [3.8, 4) is 11.8 Å². The summed E-state index contributed by atoms with van der Waals surface area (Å²) >= 11 is 1.58. The highest BCUT2D eigenvalue weighted by Gasteiger charge is 2.49. The molecular weight excluding hydrogens is 408 g/mol. The molecule has 0 atom stereocenters. The number of hydrogen-bond donors (Lipinski definition) is 1. The molecule has 7 heteroatoms. The van der Waals surface area contributed by atoms with Gasteiger partial charge < -0.3 is 15.4 Å². The fourth-order valence-corrected chi connectivity index (χ4v) is 6.30. The lowest BCUT2D eigenvalue weighted by Crippen LogP contribution is -2.47. The Morgan fingerprint density at radius 1 is 1.26 bits per heavy atom. The number of pyridine rings is 1. The topological polar surface area (TPSA) is 92.2 Å². The number of hydrogen-bond acceptors (Lipinski definition) is 6. The third-order valence-corrected chi connectivity index (χ3v) is 7.62. The lowest BCUT2D eigenvalue weighted by molar-refractivity contribution is 0.0682. The predicted octanol–water partition coefficient (Wildman–Crippen LogP) is 4.17. The number of carbonyl (C=O) groups is 1. The molecule has 4 heterocycles. The highest BCUT2D eigenvalue weighted by Crippen LogP contribution is 2.55. The third-order valence-electron chi connectivity index (χ3n) is 6.35. The zero-order chi connectivity index (χ0) is 21.8. The molecule has 5 rings (SSSR count). The molecule has 0 bridgehead atoms. The SMILES string of the molecule is Cc1cc(C)c2c3c(sc2n1)C1(CCN(C(=O)c2ccccc2)CC1)C(C#N)=C(N)O3. The molecule has 1 amide bonds. The van der Waals surface area contributed by atoms with Crippen molar-refractivity contribution in [1.29, 1.82) is 5.26 Å². The van der Waals surface area contributed by atoms with Crippen molar-refractivity contribution < 1.29 is 9.53 Å². The van der Waals surface area contributed by atoms with E-state index in [0.717, 1.165) is 32.1 Å². The Bertz CT molecular complexity index is 1280. The smallest absolute Gasteiger partial charge is 0.253 e. The number of nitrogens with two attached hydrogens (primary N) is 1. The molecule has 2 N–H and O–H groups in total. The Hall–Kier alpha value is -3.37. The van der Waals surface area contributed by atoms with E-state index in [0.29, 0.717) is 37.1 Å². The zero-order valence-electron chi connectivity index (χ0n) is 17.4. The summed E-state index contributed by atoms with van der Waals surface area (Å²) in [6, 6.07) is 13.7. The summed E-state index contributed by atoms with van der Waals surface area (Å²) in [5.74, 6) is 0.907. The van der Waals surface area contributed by atoms with Crippen LogP contribution in [0.5, 0.6) is 5.75 Å². The van der Waals surface area contributed by atoms with E-state index < -0.39 is 5.41 Å². The van der Waals surface area contributed by atoms with Crippen LogP contribution in [-0.4, -0.2) is 28.9 Å². The first kappa shape index (κ1) is 19.6. The molecule has 0 unspecified atom stereocenters. The average Bonchev–Trinajstić information content (AvgIpc) is 3.13. The standard InChI is InChI=1S/C24H22N4O2S/c1-14-12-15(2)27-22-18(14)19-20(31-22)24(17(13-25)21(26)30-19)8-10-28(11-9-24)23(29)16-6-4-3-5-7-16/h3-7,12H,8-11,26H2,1-2H3. The summed E-state index contributed by atoms with van der Waals surface area (Å²) in [6.07, 6.45) is 1.24. The second-order valence-electron chi connectivity index (χ2n) is 8.21. The Morgan fingerprint density at radius 3 is 2.65 bits per heavy atom. The van der Waals surface area contributed by atoms with Gasteiger partial charge in [-0.15, -0.1) is 11.3 Å². The number of nitrogens with zero attached hydrogens (tertiary/aromatic N) is 3. The molecule has 1 aromatic carbocycles. The number of allylic oxidation sites excluding steroid dienone is 1. The number of thiophene rings is 1. The van der Waals surface area contributed by atoms with E-state index in [1.807, 2.05) is 55.1 Å². The third kappa shape index (κ3) is 2.90. The van der Waals surface area contributed by atoms with Gasteiger partial charge in [-0.25, -0.2) is 4.98 Å². The molecule has 6 nitrogen and oxygen atoms in total. The van der Waals surface area contributed by atoms with Gasteiger partial charge in [0.05, 0.1) is 15.7 Å². The Morgan fingerprint density at radius 2 is 1.97 bits per heavy atom. The van der Waals surface area contributed by atoms with Gasteiger partial charge in [0, 0.05) is 24.3 Å². The van der Waals surface area contributed by atoms with Gasteiger partial charge in [-0.3, -0.25) is 4.79 Å². The van der Waals surface area contributed by atoms with Crippen LogP contribution in [0.2, 0.25) is 0 Å². The van der Waals surface area contributed by atoms with Gasteiger partial charge in [0.1, 0.15) is 16.5 Å².